The summed E-state index contributed by atoms with van der Waals surface area (Å²) in [5.74, 6) is 2.86. The normalized spacial score (nSPS) is 25.8. The minimum Gasteiger partial charge on any atom is -0.493 e. The number of methoxy groups -OCH3 is 2. The highest BCUT2D eigenvalue weighted by atomic mass is 16.5. The van der Waals surface area contributed by atoms with Gasteiger partial charge in [0.15, 0.2) is 11.5 Å². The second-order valence-electron chi connectivity index (χ2n) is 7.71. The molecule has 0 bridgehead atoms. The van der Waals surface area contributed by atoms with E-state index < -0.39 is 0 Å². The maximum absolute atomic E-state index is 9.50. The molecule has 3 heterocycles. The molecule has 1 fully saturated rings. The molecule has 2 aromatic rings. The second-order valence-corrected chi connectivity index (χ2v) is 7.71. The lowest BCUT2D eigenvalue weighted by Crippen LogP contribution is -2.46. The van der Waals surface area contributed by atoms with Gasteiger partial charge in [-0.15, -0.1) is 0 Å². The van der Waals surface area contributed by atoms with Gasteiger partial charge in [0.2, 0.25) is 0 Å². The SMILES string of the molecule is CCC1CN2CCc3c([nH]c4cc(OC)c(OC)cc34)C2CC1CCO. The number of benzene rings is 1. The summed E-state index contributed by atoms with van der Waals surface area (Å²) in [6, 6.07) is 4.60. The van der Waals surface area contributed by atoms with Crippen LogP contribution in [0.25, 0.3) is 10.9 Å². The average Bonchev–Trinajstić information content (AvgIpc) is 3.04. The van der Waals surface area contributed by atoms with Gasteiger partial charge in [0, 0.05) is 42.4 Å². The minimum absolute atomic E-state index is 0.293. The van der Waals surface area contributed by atoms with Crippen molar-refractivity contribution >= 4 is 10.9 Å². The van der Waals surface area contributed by atoms with Gasteiger partial charge in [-0.1, -0.05) is 13.3 Å². The van der Waals surface area contributed by atoms with E-state index in [0.717, 1.165) is 49.4 Å². The van der Waals surface area contributed by atoms with Crippen LogP contribution < -0.4 is 9.47 Å². The minimum atomic E-state index is 0.293. The van der Waals surface area contributed by atoms with Crippen molar-refractivity contribution in [1.82, 2.24) is 9.88 Å². The lowest BCUT2D eigenvalue weighted by Gasteiger charge is -2.46. The quantitative estimate of drug-likeness (QED) is 0.859. The van der Waals surface area contributed by atoms with Crippen molar-refractivity contribution in [2.45, 2.75) is 38.6 Å². The first-order valence-electron chi connectivity index (χ1n) is 9.81. The van der Waals surface area contributed by atoms with Crippen LogP contribution in [0.2, 0.25) is 0 Å². The second kappa shape index (κ2) is 7.12. The number of aliphatic hydroxyl groups excluding tert-OH is 1. The highest BCUT2D eigenvalue weighted by Gasteiger charge is 2.39. The van der Waals surface area contributed by atoms with Crippen LogP contribution in [0.3, 0.4) is 0 Å². The third-order valence-corrected chi connectivity index (χ3v) is 6.55. The third kappa shape index (κ3) is 2.78. The van der Waals surface area contributed by atoms with Crippen LogP contribution in [0.4, 0.5) is 0 Å². The molecule has 4 rings (SSSR count). The number of ether oxygens (including phenoxy) is 2. The predicted octanol–water partition coefficient (Wildman–Crippen LogP) is 3.51. The molecule has 0 amide bonds. The molecule has 3 unspecified atom stereocenters. The molecule has 3 atom stereocenters. The first-order valence-corrected chi connectivity index (χ1v) is 9.81. The maximum Gasteiger partial charge on any atom is 0.162 e. The largest absolute Gasteiger partial charge is 0.493 e. The molecule has 2 aliphatic heterocycles. The number of fused-ring (bicyclic) bond motifs is 5. The Kier molecular flexibility index (Phi) is 4.84. The van der Waals surface area contributed by atoms with E-state index in [2.05, 4.69) is 28.9 Å². The standard InChI is InChI=1S/C21H30N2O3/c1-4-13-12-23-7-5-15-16-10-19(25-2)20(26-3)11-17(16)22-21(15)18(23)9-14(13)6-8-24/h10-11,13-14,18,22,24H,4-9,12H2,1-3H3. The molecular weight excluding hydrogens is 328 g/mol. The van der Waals surface area contributed by atoms with Crippen molar-refractivity contribution in [3.8, 4) is 11.5 Å². The lowest BCUT2D eigenvalue weighted by atomic mass is 9.76. The number of aromatic nitrogens is 1. The van der Waals surface area contributed by atoms with E-state index in [1.165, 1.54) is 23.1 Å². The first kappa shape index (κ1) is 17.7. The number of rotatable bonds is 5. The molecule has 0 spiro atoms. The van der Waals surface area contributed by atoms with E-state index in [1.807, 2.05) is 0 Å². The molecule has 142 valence electrons. The zero-order valence-electron chi connectivity index (χ0n) is 16.0. The van der Waals surface area contributed by atoms with Crippen LogP contribution in [0.1, 0.15) is 43.5 Å². The Balaban J connectivity index is 1.74. The Morgan fingerprint density at radius 1 is 1.19 bits per heavy atom. The molecule has 5 heteroatoms. The van der Waals surface area contributed by atoms with Gasteiger partial charge in [-0.25, -0.2) is 0 Å². The summed E-state index contributed by atoms with van der Waals surface area (Å²) in [6.07, 6.45) is 4.32. The number of H-pyrrole nitrogens is 1. The van der Waals surface area contributed by atoms with Gasteiger partial charge in [0.1, 0.15) is 0 Å². The number of hydrogen-bond donors (Lipinski definition) is 2. The Hall–Kier alpha value is -1.72. The molecule has 1 aromatic carbocycles. The molecule has 1 aromatic heterocycles. The lowest BCUT2D eigenvalue weighted by molar-refractivity contribution is 0.0396. The average molecular weight is 358 g/mol. The molecule has 5 nitrogen and oxygen atoms in total. The van der Waals surface area contributed by atoms with Gasteiger partial charge in [-0.2, -0.15) is 0 Å². The fourth-order valence-electron chi connectivity index (χ4n) is 5.14. The Bertz CT molecular complexity index is 785. The van der Waals surface area contributed by atoms with Crippen molar-refractivity contribution < 1.29 is 14.6 Å². The van der Waals surface area contributed by atoms with Gasteiger partial charge < -0.3 is 19.6 Å². The maximum atomic E-state index is 9.50. The van der Waals surface area contributed by atoms with E-state index in [9.17, 15) is 5.11 Å². The van der Waals surface area contributed by atoms with Crippen LogP contribution in [0.15, 0.2) is 12.1 Å². The van der Waals surface area contributed by atoms with E-state index in [1.54, 1.807) is 14.2 Å². The molecule has 0 aliphatic carbocycles. The van der Waals surface area contributed by atoms with Crippen LogP contribution in [-0.2, 0) is 6.42 Å². The molecule has 1 saturated heterocycles. The zero-order valence-corrected chi connectivity index (χ0v) is 16.0. The van der Waals surface area contributed by atoms with Crippen LogP contribution in [0.5, 0.6) is 11.5 Å². The van der Waals surface area contributed by atoms with Gasteiger partial charge >= 0.3 is 0 Å². The fourth-order valence-corrected chi connectivity index (χ4v) is 5.14. The summed E-state index contributed by atoms with van der Waals surface area (Å²) >= 11 is 0. The number of aliphatic hydroxyl groups is 1. The van der Waals surface area contributed by atoms with Gasteiger partial charge in [-0.05, 0) is 42.7 Å². The van der Waals surface area contributed by atoms with E-state index in [0.29, 0.717) is 24.5 Å². The van der Waals surface area contributed by atoms with Gasteiger partial charge in [0.25, 0.3) is 0 Å². The predicted molar refractivity (Wildman–Crippen MR) is 103 cm³/mol. The number of nitrogens with zero attached hydrogens (tertiary/aromatic N) is 1. The number of aromatic amines is 1. The zero-order chi connectivity index (χ0) is 18.3. The summed E-state index contributed by atoms with van der Waals surface area (Å²) in [5.41, 5.74) is 3.92. The summed E-state index contributed by atoms with van der Waals surface area (Å²) in [7, 11) is 3.37. The summed E-state index contributed by atoms with van der Waals surface area (Å²) in [6.45, 7) is 4.84. The summed E-state index contributed by atoms with van der Waals surface area (Å²) < 4.78 is 11.0. The van der Waals surface area contributed by atoms with E-state index >= 15 is 0 Å². The van der Waals surface area contributed by atoms with Crippen LogP contribution in [-0.4, -0.2) is 48.9 Å². The molecule has 2 aliphatic rings. The molecule has 2 N–H and O–H groups in total. The van der Waals surface area contributed by atoms with Gasteiger partial charge in [0.05, 0.1) is 20.3 Å². The van der Waals surface area contributed by atoms with Crippen LogP contribution in [0, 0.1) is 11.8 Å². The van der Waals surface area contributed by atoms with Crippen molar-refractivity contribution in [2.24, 2.45) is 11.8 Å². The van der Waals surface area contributed by atoms with E-state index in [4.69, 9.17) is 9.47 Å². The topological polar surface area (TPSA) is 57.7 Å². The number of hydrogen-bond acceptors (Lipinski definition) is 4. The molecular formula is C21H30N2O3. The number of piperidine rings is 1. The molecule has 26 heavy (non-hydrogen) atoms. The molecule has 0 radical (unpaired) electrons. The number of nitrogens with one attached hydrogen (secondary N) is 1. The first-order chi connectivity index (χ1) is 12.7. The monoisotopic (exact) mass is 358 g/mol. The van der Waals surface area contributed by atoms with Crippen molar-refractivity contribution in [3.63, 3.8) is 0 Å². The molecule has 0 saturated carbocycles. The van der Waals surface area contributed by atoms with E-state index in [-0.39, 0.29) is 0 Å². The summed E-state index contributed by atoms with van der Waals surface area (Å²) in [5, 5.41) is 10.8. The Morgan fingerprint density at radius 3 is 2.65 bits per heavy atom. The fraction of sp³-hybridized carbons (Fsp3) is 0.619. The Morgan fingerprint density at radius 2 is 1.96 bits per heavy atom. The highest BCUT2D eigenvalue weighted by Crippen LogP contribution is 2.45. The van der Waals surface area contributed by atoms with Crippen molar-refractivity contribution in [2.75, 3.05) is 33.9 Å². The smallest absolute Gasteiger partial charge is 0.162 e. The third-order valence-electron chi connectivity index (χ3n) is 6.55. The van der Waals surface area contributed by atoms with Crippen LogP contribution >= 0.6 is 0 Å². The Labute approximate surface area is 155 Å². The van der Waals surface area contributed by atoms with Crippen molar-refractivity contribution in [3.05, 3.63) is 23.4 Å². The van der Waals surface area contributed by atoms with Crippen molar-refractivity contribution in [1.29, 1.82) is 0 Å². The highest BCUT2D eigenvalue weighted by molar-refractivity contribution is 5.88. The summed E-state index contributed by atoms with van der Waals surface area (Å²) in [4.78, 5) is 6.34. The van der Waals surface area contributed by atoms with Gasteiger partial charge in [-0.3, -0.25) is 4.90 Å².